The smallest absolute Gasteiger partial charge is 0.264 e. The maximum atomic E-state index is 13.2. The number of likely N-dealkylation sites (N-methyl/N-ethyl adjacent to an activating group) is 1. The third-order valence-corrected chi connectivity index (χ3v) is 4.78. The second kappa shape index (κ2) is 5.54. The van der Waals surface area contributed by atoms with E-state index in [1.165, 1.54) is 41.3 Å². The van der Waals surface area contributed by atoms with Crippen LogP contribution in [0.3, 0.4) is 0 Å². The van der Waals surface area contributed by atoms with Crippen LogP contribution in [0.15, 0.2) is 47.4 Å². The average molecular weight is 336 g/mol. The first-order chi connectivity index (χ1) is 10.9. The third-order valence-electron chi connectivity index (χ3n) is 3.40. The number of carbonyl (C=O) groups excluding carboxylic acids is 1. The van der Waals surface area contributed by atoms with Crippen molar-refractivity contribution in [1.82, 2.24) is 0 Å². The number of nitrogens with one attached hydrogen (secondary N) is 1. The summed E-state index contributed by atoms with van der Waals surface area (Å²) in [7, 11) is -2.37. The van der Waals surface area contributed by atoms with Gasteiger partial charge in [0, 0.05) is 7.05 Å². The van der Waals surface area contributed by atoms with Gasteiger partial charge >= 0.3 is 0 Å². The van der Waals surface area contributed by atoms with Crippen LogP contribution < -0.4 is 14.4 Å². The molecule has 0 aliphatic carbocycles. The van der Waals surface area contributed by atoms with Crippen molar-refractivity contribution < 1.29 is 22.3 Å². The van der Waals surface area contributed by atoms with Gasteiger partial charge in [0.15, 0.2) is 6.61 Å². The predicted molar refractivity (Wildman–Crippen MR) is 82.6 cm³/mol. The zero-order valence-electron chi connectivity index (χ0n) is 12.1. The highest BCUT2D eigenvalue weighted by atomic mass is 32.2. The van der Waals surface area contributed by atoms with Crippen LogP contribution in [0, 0.1) is 5.82 Å². The van der Waals surface area contributed by atoms with E-state index in [9.17, 15) is 17.6 Å². The molecule has 2 aromatic rings. The van der Waals surface area contributed by atoms with Crippen molar-refractivity contribution in [2.24, 2.45) is 0 Å². The lowest BCUT2D eigenvalue weighted by atomic mass is 10.2. The molecule has 0 aromatic heterocycles. The Labute approximate surface area is 132 Å². The summed E-state index contributed by atoms with van der Waals surface area (Å²) < 4.78 is 45.5. The van der Waals surface area contributed by atoms with Crippen LogP contribution in [0.5, 0.6) is 5.75 Å². The van der Waals surface area contributed by atoms with Crippen molar-refractivity contribution in [2.75, 3.05) is 23.3 Å². The first kappa shape index (κ1) is 15.3. The Kier molecular flexibility index (Phi) is 3.69. The number of hydrogen-bond donors (Lipinski definition) is 1. The first-order valence-corrected chi connectivity index (χ1v) is 8.17. The van der Waals surface area contributed by atoms with Crippen molar-refractivity contribution >= 4 is 27.3 Å². The maximum absolute atomic E-state index is 13.2. The molecule has 0 radical (unpaired) electrons. The van der Waals surface area contributed by atoms with Gasteiger partial charge in [-0.25, -0.2) is 12.8 Å². The summed E-state index contributed by atoms with van der Waals surface area (Å²) in [5.74, 6) is -0.392. The quantitative estimate of drug-likeness (QED) is 0.930. The number of nitrogens with zero attached hydrogens (tertiary/aromatic N) is 1. The standard InChI is InChI=1S/C15H13FN2O4S/c1-18-13-8-12(5-6-14(13)22-9-15(18)19)23(20,21)17-11-4-2-3-10(16)7-11/h2-8,17H,9H2,1H3. The molecule has 0 spiro atoms. The molecule has 1 aliphatic heterocycles. The number of carbonyl (C=O) groups is 1. The van der Waals surface area contributed by atoms with Gasteiger partial charge in [0.05, 0.1) is 16.3 Å². The van der Waals surface area contributed by atoms with Gasteiger partial charge in [-0.05, 0) is 36.4 Å². The molecule has 1 heterocycles. The van der Waals surface area contributed by atoms with Crippen LogP contribution in [0.25, 0.3) is 0 Å². The number of hydrogen-bond acceptors (Lipinski definition) is 4. The number of amides is 1. The zero-order chi connectivity index (χ0) is 16.6. The Hall–Kier alpha value is -2.61. The molecule has 0 saturated heterocycles. The van der Waals surface area contributed by atoms with E-state index in [1.54, 1.807) is 7.05 Å². The molecule has 23 heavy (non-hydrogen) atoms. The van der Waals surface area contributed by atoms with E-state index in [4.69, 9.17) is 4.74 Å². The van der Waals surface area contributed by atoms with Gasteiger partial charge in [0.2, 0.25) is 0 Å². The fourth-order valence-electron chi connectivity index (χ4n) is 2.19. The molecule has 1 N–H and O–H groups in total. The molecule has 0 atom stereocenters. The largest absolute Gasteiger partial charge is 0.482 e. The predicted octanol–water partition coefficient (Wildman–Crippen LogP) is 1.98. The van der Waals surface area contributed by atoms with Crippen molar-refractivity contribution in [3.63, 3.8) is 0 Å². The lowest BCUT2D eigenvalue weighted by Crippen LogP contribution is -2.35. The summed E-state index contributed by atoms with van der Waals surface area (Å²) >= 11 is 0. The minimum atomic E-state index is -3.91. The SMILES string of the molecule is CN1C(=O)COc2ccc(S(=O)(=O)Nc3cccc(F)c3)cc21. The van der Waals surface area contributed by atoms with Crippen LogP contribution >= 0.6 is 0 Å². The Bertz CT molecular complexity index is 883. The van der Waals surface area contributed by atoms with Crippen molar-refractivity contribution in [2.45, 2.75) is 4.90 Å². The van der Waals surface area contributed by atoms with E-state index < -0.39 is 15.8 Å². The fraction of sp³-hybridized carbons (Fsp3) is 0.133. The summed E-state index contributed by atoms with van der Waals surface area (Å²) in [4.78, 5) is 12.9. The van der Waals surface area contributed by atoms with Gasteiger partial charge in [-0.2, -0.15) is 0 Å². The van der Waals surface area contributed by atoms with Crippen LogP contribution in [0.4, 0.5) is 15.8 Å². The van der Waals surface area contributed by atoms with E-state index >= 15 is 0 Å². The number of halogens is 1. The lowest BCUT2D eigenvalue weighted by molar-refractivity contribution is -0.120. The highest BCUT2D eigenvalue weighted by molar-refractivity contribution is 7.92. The summed E-state index contributed by atoms with van der Waals surface area (Å²) in [6, 6.07) is 9.33. The van der Waals surface area contributed by atoms with Gasteiger partial charge in [-0.3, -0.25) is 9.52 Å². The number of sulfonamides is 1. The minimum absolute atomic E-state index is 0.0503. The summed E-state index contributed by atoms with van der Waals surface area (Å²) in [6.45, 7) is -0.0862. The maximum Gasteiger partial charge on any atom is 0.264 e. The highest BCUT2D eigenvalue weighted by Crippen LogP contribution is 2.33. The van der Waals surface area contributed by atoms with Crippen LogP contribution in [0.2, 0.25) is 0 Å². The first-order valence-electron chi connectivity index (χ1n) is 6.68. The van der Waals surface area contributed by atoms with Gasteiger partial charge in [-0.1, -0.05) is 6.07 Å². The molecule has 8 heteroatoms. The fourth-order valence-corrected chi connectivity index (χ4v) is 3.25. The zero-order valence-corrected chi connectivity index (χ0v) is 12.9. The van der Waals surface area contributed by atoms with Crippen molar-refractivity contribution in [1.29, 1.82) is 0 Å². The molecule has 0 unspecified atom stereocenters. The molecule has 120 valence electrons. The second-order valence-electron chi connectivity index (χ2n) is 4.99. The molecule has 3 rings (SSSR count). The van der Waals surface area contributed by atoms with E-state index in [1.807, 2.05) is 0 Å². The number of fused-ring (bicyclic) bond motifs is 1. The molecule has 1 amide bonds. The highest BCUT2D eigenvalue weighted by Gasteiger charge is 2.25. The third kappa shape index (κ3) is 2.98. The second-order valence-corrected chi connectivity index (χ2v) is 6.67. The molecular formula is C15H13FN2O4S. The van der Waals surface area contributed by atoms with E-state index in [2.05, 4.69) is 4.72 Å². The topological polar surface area (TPSA) is 75.7 Å². The Morgan fingerprint density at radius 2 is 2.00 bits per heavy atom. The Morgan fingerprint density at radius 3 is 2.74 bits per heavy atom. The summed E-state index contributed by atoms with van der Waals surface area (Å²) in [5, 5.41) is 0. The minimum Gasteiger partial charge on any atom is -0.482 e. The van der Waals surface area contributed by atoms with Gasteiger partial charge in [0.1, 0.15) is 11.6 Å². The Balaban J connectivity index is 1.96. The monoisotopic (exact) mass is 336 g/mol. The van der Waals surface area contributed by atoms with Gasteiger partial charge in [0.25, 0.3) is 15.9 Å². The summed E-state index contributed by atoms with van der Waals surface area (Å²) in [6.07, 6.45) is 0. The molecule has 2 aromatic carbocycles. The van der Waals surface area contributed by atoms with Crippen LogP contribution in [-0.4, -0.2) is 28.0 Å². The number of benzene rings is 2. The summed E-state index contributed by atoms with van der Waals surface area (Å²) in [5.41, 5.74) is 0.478. The molecular weight excluding hydrogens is 323 g/mol. The molecule has 1 aliphatic rings. The Morgan fingerprint density at radius 1 is 1.22 bits per heavy atom. The number of ether oxygens (including phenoxy) is 1. The number of anilines is 2. The van der Waals surface area contributed by atoms with Crippen LogP contribution in [-0.2, 0) is 14.8 Å². The van der Waals surface area contributed by atoms with E-state index in [-0.39, 0.29) is 23.1 Å². The van der Waals surface area contributed by atoms with Crippen molar-refractivity contribution in [3.8, 4) is 5.75 Å². The van der Waals surface area contributed by atoms with E-state index in [0.717, 1.165) is 6.07 Å². The van der Waals surface area contributed by atoms with E-state index in [0.29, 0.717) is 11.4 Å². The molecule has 0 bridgehead atoms. The molecule has 6 nitrogen and oxygen atoms in total. The van der Waals surface area contributed by atoms with Crippen molar-refractivity contribution in [3.05, 3.63) is 48.3 Å². The normalized spacial score (nSPS) is 14.2. The molecule has 0 saturated carbocycles. The van der Waals surface area contributed by atoms with Gasteiger partial charge < -0.3 is 9.64 Å². The van der Waals surface area contributed by atoms with Crippen LogP contribution in [0.1, 0.15) is 0 Å². The molecule has 0 fully saturated rings. The van der Waals surface area contributed by atoms with Gasteiger partial charge in [-0.15, -0.1) is 0 Å². The number of rotatable bonds is 3. The average Bonchev–Trinajstić information content (AvgIpc) is 2.50. The lowest BCUT2D eigenvalue weighted by Gasteiger charge is -2.26.